The number of ether oxygens (including phenoxy) is 1. The van der Waals surface area contributed by atoms with Gasteiger partial charge in [0.2, 0.25) is 5.91 Å². The molecule has 0 spiro atoms. The number of urea groups is 1. The van der Waals surface area contributed by atoms with Crippen molar-refractivity contribution in [2.75, 3.05) is 18.7 Å². The summed E-state index contributed by atoms with van der Waals surface area (Å²) in [7, 11) is -2.23. The molecule has 3 amide bonds. The van der Waals surface area contributed by atoms with Crippen molar-refractivity contribution in [3.63, 3.8) is 0 Å². The van der Waals surface area contributed by atoms with Crippen molar-refractivity contribution in [3.05, 3.63) is 60.2 Å². The van der Waals surface area contributed by atoms with Gasteiger partial charge in [-0.1, -0.05) is 30.3 Å². The Labute approximate surface area is 201 Å². The molecule has 1 saturated carbocycles. The minimum absolute atomic E-state index is 0.0529. The number of nitrogens with one attached hydrogen (secondary N) is 3. The lowest BCUT2D eigenvalue weighted by Gasteiger charge is -2.22. The first-order valence-corrected chi connectivity index (χ1v) is 12.4. The average Bonchev–Trinajstić information content (AvgIpc) is 3.53. The molecule has 35 heavy (non-hydrogen) atoms. The Morgan fingerprint density at radius 3 is 2.26 bits per heavy atom. The maximum absolute atomic E-state index is 13.0. The first-order valence-electron chi connectivity index (χ1n) is 10.5. The standard InChI is InChI=1S/C23H25N3O8S/c1-34-21(30)23(13-17(23)14-6-4-3-5-7-14)26-20(29)18(12-19(27)28)25-22(31)24-15-8-10-16(11-9-15)35(2,32)33/h3-11,17-18H,12-13H2,1-2H3,(H,26,29)(H,27,28)(H2,24,25,31)/t17-,18-,23?/m0/s1. The van der Waals surface area contributed by atoms with Crippen LogP contribution in [0.3, 0.4) is 0 Å². The number of rotatable bonds is 9. The van der Waals surface area contributed by atoms with Gasteiger partial charge in [0.05, 0.1) is 18.4 Å². The smallest absolute Gasteiger partial charge is 0.332 e. The lowest BCUT2D eigenvalue weighted by molar-refractivity contribution is -0.147. The molecular formula is C23H25N3O8S. The van der Waals surface area contributed by atoms with Crippen LogP contribution in [0.15, 0.2) is 59.5 Å². The number of methoxy groups -OCH3 is 1. The second-order valence-electron chi connectivity index (χ2n) is 8.17. The van der Waals surface area contributed by atoms with E-state index in [2.05, 4.69) is 16.0 Å². The summed E-state index contributed by atoms with van der Waals surface area (Å²) < 4.78 is 28.0. The Morgan fingerprint density at radius 2 is 1.71 bits per heavy atom. The molecule has 0 bridgehead atoms. The number of carbonyl (C=O) groups is 4. The molecule has 1 aliphatic carbocycles. The molecule has 1 unspecified atom stereocenters. The van der Waals surface area contributed by atoms with Crippen LogP contribution in [0.25, 0.3) is 0 Å². The van der Waals surface area contributed by atoms with E-state index in [0.717, 1.165) is 11.8 Å². The van der Waals surface area contributed by atoms with E-state index < -0.39 is 51.7 Å². The zero-order valence-electron chi connectivity index (χ0n) is 19.0. The number of carboxylic acid groups (broad SMARTS) is 1. The number of esters is 1. The van der Waals surface area contributed by atoms with Gasteiger partial charge in [-0.2, -0.15) is 0 Å². The summed E-state index contributed by atoms with van der Waals surface area (Å²) in [5.74, 6) is -3.25. The minimum Gasteiger partial charge on any atom is -0.481 e. The highest BCUT2D eigenvalue weighted by Crippen LogP contribution is 2.52. The van der Waals surface area contributed by atoms with Crippen molar-refractivity contribution >= 4 is 39.4 Å². The molecule has 2 aromatic carbocycles. The number of carboxylic acids is 1. The highest BCUT2D eigenvalue weighted by molar-refractivity contribution is 7.90. The Kier molecular flexibility index (Phi) is 7.44. The predicted octanol–water partition coefficient (Wildman–Crippen LogP) is 1.27. The number of anilines is 1. The maximum atomic E-state index is 13.0. The number of amides is 3. The monoisotopic (exact) mass is 503 g/mol. The van der Waals surface area contributed by atoms with Crippen LogP contribution in [-0.4, -0.2) is 62.3 Å². The summed E-state index contributed by atoms with van der Waals surface area (Å²) in [6, 6.07) is 11.9. The third-order valence-electron chi connectivity index (χ3n) is 5.60. The fraction of sp³-hybridized carbons (Fsp3) is 0.304. The van der Waals surface area contributed by atoms with E-state index in [4.69, 9.17) is 4.74 Å². The van der Waals surface area contributed by atoms with Gasteiger partial charge < -0.3 is 25.8 Å². The summed E-state index contributed by atoms with van der Waals surface area (Å²) in [6.45, 7) is 0. The quantitative estimate of drug-likeness (QED) is 0.371. The fourth-order valence-corrected chi connectivity index (χ4v) is 4.38. The van der Waals surface area contributed by atoms with E-state index in [1.54, 1.807) is 24.3 Å². The average molecular weight is 504 g/mol. The van der Waals surface area contributed by atoms with E-state index in [1.807, 2.05) is 6.07 Å². The predicted molar refractivity (Wildman–Crippen MR) is 124 cm³/mol. The normalized spacial score (nSPS) is 19.7. The summed E-state index contributed by atoms with van der Waals surface area (Å²) in [5, 5.41) is 16.5. The molecule has 1 fully saturated rings. The topological polar surface area (TPSA) is 168 Å². The first-order chi connectivity index (χ1) is 16.5. The maximum Gasteiger partial charge on any atom is 0.332 e. The molecule has 2 aromatic rings. The number of sulfone groups is 1. The largest absolute Gasteiger partial charge is 0.481 e. The molecule has 0 heterocycles. The van der Waals surface area contributed by atoms with Crippen LogP contribution < -0.4 is 16.0 Å². The lowest BCUT2D eigenvalue weighted by atomic mass is 10.1. The zero-order valence-corrected chi connectivity index (χ0v) is 19.8. The molecule has 12 heteroatoms. The molecule has 0 saturated heterocycles. The van der Waals surface area contributed by atoms with Crippen LogP contribution in [0.2, 0.25) is 0 Å². The van der Waals surface area contributed by atoms with Crippen molar-refractivity contribution < 1.29 is 37.4 Å². The number of carbonyl (C=O) groups excluding carboxylic acids is 3. The molecular weight excluding hydrogens is 478 g/mol. The summed E-state index contributed by atoms with van der Waals surface area (Å²) >= 11 is 0. The molecule has 1 aliphatic rings. The zero-order chi connectivity index (χ0) is 25.8. The third-order valence-corrected chi connectivity index (χ3v) is 6.73. The number of hydrogen-bond donors (Lipinski definition) is 4. The Morgan fingerprint density at radius 1 is 1.09 bits per heavy atom. The van der Waals surface area contributed by atoms with Gasteiger partial charge in [-0.3, -0.25) is 9.59 Å². The van der Waals surface area contributed by atoms with Gasteiger partial charge >= 0.3 is 18.0 Å². The van der Waals surface area contributed by atoms with Crippen LogP contribution in [0, 0.1) is 0 Å². The second-order valence-corrected chi connectivity index (χ2v) is 10.2. The van der Waals surface area contributed by atoms with Gasteiger partial charge in [-0.25, -0.2) is 18.0 Å². The fourth-order valence-electron chi connectivity index (χ4n) is 3.75. The number of benzene rings is 2. The van der Waals surface area contributed by atoms with Crippen molar-refractivity contribution in [2.24, 2.45) is 0 Å². The molecule has 4 N–H and O–H groups in total. The van der Waals surface area contributed by atoms with Crippen molar-refractivity contribution in [2.45, 2.75) is 35.2 Å². The summed E-state index contributed by atoms with van der Waals surface area (Å²) in [6.07, 6.45) is 0.564. The summed E-state index contributed by atoms with van der Waals surface area (Å²) in [4.78, 5) is 49.3. The first kappa shape index (κ1) is 25.7. The molecule has 0 aromatic heterocycles. The number of hydrogen-bond acceptors (Lipinski definition) is 7. The molecule has 0 aliphatic heterocycles. The highest BCUT2D eigenvalue weighted by Gasteiger charge is 2.63. The van der Waals surface area contributed by atoms with Gasteiger partial charge in [0.1, 0.15) is 11.6 Å². The van der Waals surface area contributed by atoms with Crippen molar-refractivity contribution in [3.8, 4) is 0 Å². The van der Waals surface area contributed by atoms with E-state index in [-0.39, 0.29) is 22.9 Å². The van der Waals surface area contributed by atoms with Crippen LogP contribution in [0.5, 0.6) is 0 Å². The molecule has 186 valence electrons. The van der Waals surface area contributed by atoms with Crippen LogP contribution in [0.1, 0.15) is 24.3 Å². The lowest BCUT2D eigenvalue weighted by Crippen LogP contribution is -2.55. The molecule has 3 rings (SSSR count). The van der Waals surface area contributed by atoms with Crippen molar-refractivity contribution in [1.82, 2.24) is 10.6 Å². The van der Waals surface area contributed by atoms with Gasteiger partial charge in [0, 0.05) is 17.9 Å². The second kappa shape index (κ2) is 10.1. The third kappa shape index (κ3) is 6.15. The van der Waals surface area contributed by atoms with Gasteiger partial charge in [0.15, 0.2) is 9.84 Å². The van der Waals surface area contributed by atoms with E-state index >= 15 is 0 Å². The Bertz CT molecular complexity index is 1230. The molecule has 11 nitrogen and oxygen atoms in total. The van der Waals surface area contributed by atoms with Gasteiger partial charge in [-0.05, 0) is 36.2 Å². The molecule has 3 atom stereocenters. The number of aliphatic carboxylic acids is 1. The van der Waals surface area contributed by atoms with E-state index in [1.165, 1.54) is 31.4 Å². The van der Waals surface area contributed by atoms with Gasteiger partial charge in [0.25, 0.3) is 0 Å². The molecule has 0 radical (unpaired) electrons. The summed E-state index contributed by atoms with van der Waals surface area (Å²) in [5.41, 5.74) is -0.346. The van der Waals surface area contributed by atoms with Gasteiger partial charge in [-0.15, -0.1) is 0 Å². The van der Waals surface area contributed by atoms with Crippen LogP contribution in [0.4, 0.5) is 10.5 Å². The Hall–Kier alpha value is -3.93. The minimum atomic E-state index is -3.42. The van der Waals surface area contributed by atoms with Crippen molar-refractivity contribution in [1.29, 1.82) is 0 Å². The Balaban J connectivity index is 1.72. The van der Waals surface area contributed by atoms with Crippen LogP contribution in [-0.2, 0) is 29.0 Å². The van der Waals surface area contributed by atoms with E-state index in [0.29, 0.717) is 0 Å². The SMILES string of the molecule is COC(=O)C1(NC(=O)[C@H](CC(=O)O)NC(=O)Nc2ccc(S(C)(=O)=O)cc2)C[C@H]1c1ccccc1. The van der Waals surface area contributed by atoms with E-state index in [9.17, 15) is 32.7 Å². The highest BCUT2D eigenvalue weighted by atomic mass is 32.2. The van der Waals surface area contributed by atoms with Crippen LogP contribution >= 0.6 is 0 Å².